The van der Waals surface area contributed by atoms with Gasteiger partial charge in [-0.15, -0.1) is 24.0 Å². The van der Waals surface area contributed by atoms with Crippen LogP contribution in [0.4, 0.5) is 5.69 Å². The molecule has 1 unspecified atom stereocenters. The minimum absolute atomic E-state index is 0. The van der Waals surface area contributed by atoms with Crippen LogP contribution in [0.5, 0.6) is 0 Å². The number of rotatable bonds is 5. The Kier molecular flexibility index (Phi) is 10.4. The smallest absolute Gasteiger partial charge is 0.243 e. The first-order valence-corrected chi connectivity index (χ1v) is 10.6. The molecule has 1 aromatic heterocycles. The summed E-state index contributed by atoms with van der Waals surface area (Å²) in [6.45, 7) is 4.92. The van der Waals surface area contributed by atoms with Gasteiger partial charge >= 0.3 is 0 Å². The van der Waals surface area contributed by atoms with Crippen LogP contribution < -0.4 is 10.2 Å². The van der Waals surface area contributed by atoms with E-state index < -0.39 is 0 Å². The Morgan fingerprint density at radius 2 is 2.10 bits per heavy atom. The molecule has 0 aromatic carbocycles. The molecule has 2 aliphatic rings. The Hall–Kier alpha value is -1.33. The number of aliphatic imine (C=N–C) groups is 1. The number of aromatic nitrogens is 1. The van der Waals surface area contributed by atoms with Crippen LogP contribution in [0.25, 0.3) is 0 Å². The molecule has 0 saturated carbocycles. The number of pyridine rings is 1. The standard InChI is InChI=1S/C20H31ClN6O2.HI/c1-25(2)19(28)15-24-20(23-13-16-5-3-4-12-29-16)27-10-8-26(9-11-27)18-6-7-22-14-17(18)21;/h6-7,14,16H,3-5,8-13,15H2,1-2H3,(H,23,24);1H. The highest BCUT2D eigenvalue weighted by molar-refractivity contribution is 14.0. The summed E-state index contributed by atoms with van der Waals surface area (Å²) >= 11 is 6.30. The summed E-state index contributed by atoms with van der Waals surface area (Å²) in [4.78, 5) is 26.7. The zero-order chi connectivity index (χ0) is 20.6. The number of ether oxygens (including phenoxy) is 1. The van der Waals surface area contributed by atoms with Gasteiger partial charge in [-0.05, 0) is 25.3 Å². The van der Waals surface area contributed by atoms with Gasteiger partial charge in [0, 0.05) is 65.8 Å². The van der Waals surface area contributed by atoms with Crippen molar-refractivity contribution in [3.63, 3.8) is 0 Å². The molecule has 0 aliphatic carbocycles. The molecule has 8 nitrogen and oxygen atoms in total. The van der Waals surface area contributed by atoms with Crippen LogP contribution >= 0.6 is 35.6 Å². The first kappa shape index (κ1) is 24.9. The number of halogens is 2. The van der Waals surface area contributed by atoms with Crippen molar-refractivity contribution in [2.75, 3.05) is 64.9 Å². The van der Waals surface area contributed by atoms with E-state index in [1.165, 1.54) is 6.42 Å². The van der Waals surface area contributed by atoms with Crippen molar-refractivity contribution in [2.24, 2.45) is 4.99 Å². The minimum Gasteiger partial charge on any atom is -0.376 e. The summed E-state index contributed by atoms with van der Waals surface area (Å²) in [5, 5.41) is 4.11. The number of amides is 1. The summed E-state index contributed by atoms with van der Waals surface area (Å²) in [5.74, 6) is 0.760. The topological polar surface area (TPSA) is 73.3 Å². The van der Waals surface area contributed by atoms with Gasteiger partial charge in [-0.1, -0.05) is 11.6 Å². The number of hydrogen-bond acceptors (Lipinski definition) is 5. The molecule has 1 aromatic rings. The second kappa shape index (κ2) is 12.5. The predicted octanol–water partition coefficient (Wildman–Crippen LogP) is 2.08. The molecule has 1 amide bonds. The van der Waals surface area contributed by atoms with Crippen LogP contribution in [0.1, 0.15) is 19.3 Å². The van der Waals surface area contributed by atoms with E-state index >= 15 is 0 Å². The quantitative estimate of drug-likeness (QED) is 0.344. The van der Waals surface area contributed by atoms with Crippen LogP contribution in [0.15, 0.2) is 23.5 Å². The number of carbonyl (C=O) groups excluding carboxylic acids is 1. The molecule has 168 valence electrons. The maximum absolute atomic E-state index is 12.0. The molecule has 1 N–H and O–H groups in total. The summed E-state index contributed by atoms with van der Waals surface area (Å²) in [6.07, 6.45) is 7.03. The lowest BCUT2D eigenvalue weighted by molar-refractivity contribution is -0.127. The van der Waals surface area contributed by atoms with E-state index in [0.29, 0.717) is 11.6 Å². The number of likely N-dealkylation sites (N-methyl/N-ethyl adjacent to an activating group) is 1. The van der Waals surface area contributed by atoms with Crippen LogP contribution in [-0.2, 0) is 9.53 Å². The predicted molar refractivity (Wildman–Crippen MR) is 131 cm³/mol. The van der Waals surface area contributed by atoms with Gasteiger partial charge in [0.1, 0.15) is 6.54 Å². The van der Waals surface area contributed by atoms with E-state index in [-0.39, 0.29) is 42.5 Å². The summed E-state index contributed by atoms with van der Waals surface area (Å²) in [5.41, 5.74) is 1.01. The average Bonchev–Trinajstić information content (AvgIpc) is 2.75. The van der Waals surface area contributed by atoms with Gasteiger partial charge in [0.05, 0.1) is 16.8 Å². The van der Waals surface area contributed by atoms with Gasteiger partial charge in [0.2, 0.25) is 5.91 Å². The highest BCUT2D eigenvalue weighted by atomic mass is 127. The molecule has 30 heavy (non-hydrogen) atoms. The number of anilines is 1. The number of guanidine groups is 1. The van der Waals surface area contributed by atoms with E-state index in [0.717, 1.165) is 57.3 Å². The summed E-state index contributed by atoms with van der Waals surface area (Å²) in [7, 11) is 3.50. The van der Waals surface area contributed by atoms with Crippen LogP contribution in [0, 0.1) is 0 Å². The molecule has 1 atom stereocenters. The third kappa shape index (κ3) is 7.12. The molecule has 2 saturated heterocycles. The maximum Gasteiger partial charge on any atom is 0.243 e. The van der Waals surface area contributed by atoms with Gasteiger partial charge in [-0.25, -0.2) is 4.99 Å². The molecule has 3 heterocycles. The third-order valence-corrected chi connectivity index (χ3v) is 5.59. The zero-order valence-electron chi connectivity index (χ0n) is 17.7. The Morgan fingerprint density at radius 3 is 2.73 bits per heavy atom. The molecule has 0 radical (unpaired) electrons. The van der Waals surface area contributed by atoms with Crippen molar-refractivity contribution in [3.05, 3.63) is 23.5 Å². The fraction of sp³-hybridized carbons (Fsp3) is 0.650. The van der Waals surface area contributed by atoms with Crippen molar-refractivity contribution < 1.29 is 9.53 Å². The molecule has 3 rings (SSSR count). The third-order valence-electron chi connectivity index (χ3n) is 5.30. The Labute approximate surface area is 201 Å². The van der Waals surface area contributed by atoms with Gasteiger partial charge < -0.3 is 24.8 Å². The average molecular weight is 551 g/mol. The zero-order valence-corrected chi connectivity index (χ0v) is 20.8. The lowest BCUT2D eigenvalue weighted by atomic mass is 10.1. The number of hydrogen-bond donors (Lipinski definition) is 1. The fourth-order valence-corrected chi connectivity index (χ4v) is 3.75. The summed E-state index contributed by atoms with van der Waals surface area (Å²) in [6, 6.07) is 1.95. The van der Waals surface area contributed by atoms with Gasteiger partial charge in [0.25, 0.3) is 0 Å². The molecular weight excluding hydrogens is 519 g/mol. The summed E-state index contributed by atoms with van der Waals surface area (Å²) < 4.78 is 5.83. The number of nitrogens with zero attached hydrogens (tertiary/aromatic N) is 5. The number of piperazine rings is 1. The van der Waals surface area contributed by atoms with Gasteiger partial charge in [-0.3, -0.25) is 9.78 Å². The first-order valence-electron chi connectivity index (χ1n) is 10.2. The lowest BCUT2D eigenvalue weighted by Crippen LogP contribution is -2.54. The van der Waals surface area contributed by atoms with E-state index in [2.05, 4.69) is 25.1 Å². The molecule has 0 bridgehead atoms. The van der Waals surface area contributed by atoms with Crippen molar-refractivity contribution in [1.29, 1.82) is 0 Å². The van der Waals surface area contributed by atoms with Crippen molar-refractivity contribution in [3.8, 4) is 0 Å². The lowest BCUT2D eigenvalue weighted by Gasteiger charge is -2.38. The van der Waals surface area contributed by atoms with Crippen LogP contribution in [0.2, 0.25) is 5.02 Å². The SMILES string of the molecule is CN(C)C(=O)CN=C(NCC1CCCCO1)N1CCN(c2ccncc2Cl)CC1.I. The van der Waals surface area contributed by atoms with Crippen molar-refractivity contribution in [2.45, 2.75) is 25.4 Å². The van der Waals surface area contributed by atoms with Gasteiger partial charge in [-0.2, -0.15) is 0 Å². The molecular formula is C20H32ClIN6O2. The van der Waals surface area contributed by atoms with E-state index in [9.17, 15) is 4.79 Å². The monoisotopic (exact) mass is 550 g/mol. The molecule has 0 spiro atoms. The Morgan fingerprint density at radius 1 is 1.33 bits per heavy atom. The highest BCUT2D eigenvalue weighted by Crippen LogP contribution is 2.25. The van der Waals surface area contributed by atoms with Gasteiger partial charge in [0.15, 0.2) is 5.96 Å². The fourth-order valence-electron chi connectivity index (χ4n) is 3.51. The Balaban J connectivity index is 0.00000320. The van der Waals surface area contributed by atoms with Crippen LogP contribution in [0.3, 0.4) is 0 Å². The number of nitrogens with one attached hydrogen (secondary N) is 1. The second-order valence-electron chi connectivity index (χ2n) is 7.60. The Bertz CT molecular complexity index is 706. The largest absolute Gasteiger partial charge is 0.376 e. The van der Waals surface area contributed by atoms with Crippen molar-refractivity contribution in [1.82, 2.24) is 20.1 Å². The normalized spacial score (nSPS) is 19.8. The highest BCUT2D eigenvalue weighted by Gasteiger charge is 2.23. The minimum atomic E-state index is -0.0135. The second-order valence-corrected chi connectivity index (χ2v) is 8.01. The molecule has 10 heteroatoms. The van der Waals surface area contributed by atoms with E-state index in [4.69, 9.17) is 16.3 Å². The van der Waals surface area contributed by atoms with E-state index in [1.807, 2.05) is 6.07 Å². The maximum atomic E-state index is 12.0. The number of carbonyl (C=O) groups is 1. The first-order chi connectivity index (χ1) is 14.0. The molecule has 2 fully saturated rings. The van der Waals surface area contributed by atoms with Crippen LogP contribution in [-0.4, -0.2) is 92.7 Å². The van der Waals surface area contributed by atoms with E-state index in [1.54, 1.807) is 31.4 Å². The van der Waals surface area contributed by atoms with Crippen molar-refractivity contribution >= 4 is 53.1 Å². The molecule has 2 aliphatic heterocycles.